The zero-order valence-corrected chi connectivity index (χ0v) is 15.8. The summed E-state index contributed by atoms with van der Waals surface area (Å²) in [5.74, 6) is 1.73. The molecule has 4 heterocycles. The average Bonchev–Trinajstić information content (AvgIpc) is 3.24. The van der Waals surface area contributed by atoms with Gasteiger partial charge in [-0.1, -0.05) is 6.07 Å². The lowest BCUT2D eigenvalue weighted by atomic mass is 9.97. The fourth-order valence-electron chi connectivity index (χ4n) is 3.94. The molecule has 0 radical (unpaired) electrons. The minimum atomic E-state index is 0.0934. The fourth-order valence-corrected chi connectivity index (χ4v) is 4.47. The molecule has 6 nitrogen and oxygen atoms in total. The number of rotatable bonds is 4. The molecule has 0 unspecified atom stereocenters. The summed E-state index contributed by atoms with van der Waals surface area (Å²) < 4.78 is 0. The van der Waals surface area contributed by atoms with Crippen molar-refractivity contribution in [3.05, 3.63) is 41.0 Å². The highest BCUT2D eigenvalue weighted by Gasteiger charge is 2.28. The number of amides is 1. The van der Waals surface area contributed by atoms with E-state index in [-0.39, 0.29) is 5.91 Å². The number of carbonyl (C=O) groups excluding carboxylic acids is 1. The number of hydrogen-bond donors (Lipinski definition) is 0. The van der Waals surface area contributed by atoms with E-state index in [0.29, 0.717) is 11.6 Å². The van der Waals surface area contributed by atoms with E-state index in [1.807, 2.05) is 28.6 Å². The van der Waals surface area contributed by atoms with Crippen LogP contribution in [0.3, 0.4) is 0 Å². The summed E-state index contributed by atoms with van der Waals surface area (Å²) in [4.78, 5) is 28.1. The number of thiazole rings is 1. The summed E-state index contributed by atoms with van der Waals surface area (Å²) in [5.41, 5.74) is 2.33. The van der Waals surface area contributed by atoms with Gasteiger partial charge in [0.15, 0.2) is 0 Å². The Balaban J connectivity index is 1.27. The fraction of sp³-hybridized carbons (Fsp3) is 0.526. The van der Waals surface area contributed by atoms with Crippen LogP contribution in [0.2, 0.25) is 0 Å². The Morgan fingerprint density at radius 3 is 2.77 bits per heavy atom. The van der Waals surface area contributed by atoms with Crippen molar-refractivity contribution in [3.8, 4) is 0 Å². The summed E-state index contributed by atoms with van der Waals surface area (Å²) in [5, 5.41) is 1.85. The summed E-state index contributed by atoms with van der Waals surface area (Å²) in [6.45, 7) is 6.96. The van der Waals surface area contributed by atoms with Crippen LogP contribution >= 0.6 is 11.3 Å². The average molecular weight is 372 g/mol. The molecule has 2 aromatic heterocycles. The summed E-state index contributed by atoms with van der Waals surface area (Å²) in [7, 11) is 0. The molecule has 0 bridgehead atoms. The molecule has 0 aliphatic carbocycles. The van der Waals surface area contributed by atoms with Crippen LogP contribution in [0.4, 0.5) is 5.82 Å². The predicted molar refractivity (Wildman–Crippen MR) is 104 cm³/mol. The van der Waals surface area contributed by atoms with Crippen LogP contribution in [0.5, 0.6) is 0 Å². The number of aromatic nitrogens is 2. The first-order valence-electron chi connectivity index (χ1n) is 9.35. The van der Waals surface area contributed by atoms with Crippen molar-refractivity contribution in [2.75, 3.05) is 50.7 Å². The standard InChI is InChI=1S/C19H25N5OS/c25-19(17-14-26-15-21-17)24-7-3-4-16(13-24)12-22-8-10-23(11-9-22)18-5-1-2-6-20-18/h1-2,5-6,14-16H,3-4,7-13H2/t16-/m0/s1. The Bertz CT molecular complexity index is 700. The number of piperazine rings is 1. The number of carbonyl (C=O) groups is 1. The van der Waals surface area contributed by atoms with Gasteiger partial charge in [0, 0.05) is 57.4 Å². The van der Waals surface area contributed by atoms with E-state index in [1.54, 1.807) is 5.51 Å². The molecular weight excluding hydrogens is 346 g/mol. The quantitative estimate of drug-likeness (QED) is 0.825. The number of anilines is 1. The predicted octanol–water partition coefficient (Wildman–Crippen LogP) is 2.21. The van der Waals surface area contributed by atoms with Gasteiger partial charge in [-0.25, -0.2) is 9.97 Å². The van der Waals surface area contributed by atoms with Crippen LogP contribution in [-0.2, 0) is 0 Å². The van der Waals surface area contributed by atoms with Crippen molar-refractivity contribution in [3.63, 3.8) is 0 Å². The van der Waals surface area contributed by atoms with E-state index in [1.165, 1.54) is 17.8 Å². The molecule has 0 N–H and O–H groups in total. The Kier molecular flexibility index (Phi) is 5.45. The van der Waals surface area contributed by atoms with Gasteiger partial charge in [0.05, 0.1) is 5.51 Å². The molecule has 0 aromatic carbocycles. The van der Waals surface area contributed by atoms with Crippen LogP contribution < -0.4 is 4.90 Å². The molecule has 1 atom stereocenters. The van der Waals surface area contributed by atoms with Crippen molar-refractivity contribution in [2.24, 2.45) is 5.92 Å². The molecule has 138 valence electrons. The molecule has 2 fully saturated rings. The lowest BCUT2D eigenvalue weighted by molar-refractivity contribution is 0.0632. The Morgan fingerprint density at radius 2 is 2.04 bits per heavy atom. The lowest BCUT2D eigenvalue weighted by Gasteiger charge is -2.39. The minimum absolute atomic E-state index is 0.0934. The number of hydrogen-bond acceptors (Lipinski definition) is 6. The first-order chi connectivity index (χ1) is 12.8. The monoisotopic (exact) mass is 371 g/mol. The maximum atomic E-state index is 12.5. The summed E-state index contributed by atoms with van der Waals surface area (Å²) in [6.07, 6.45) is 4.16. The van der Waals surface area contributed by atoms with Gasteiger partial charge in [0.25, 0.3) is 5.91 Å². The summed E-state index contributed by atoms with van der Waals surface area (Å²) in [6, 6.07) is 6.09. The molecule has 4 rings (SSSR count). The van der Waals surface area contributed by atoms with Crippen molar-refractivity contribution in [1.29, 1.82) is 0 Å². The highest BCUT2D eigenvalue weighted by molar-refractivity contribution is 7.07. The third kappa shape index (κ3) is 4.04. The molecule has 7 heteroatoms. The van der Waals surface area contributed by atoms with E-state index in [9.17, 15) is 4.79 Å². The third-order valence-corrected chi connectivity index (χ3v) is 5.91. The normalized spacial score (nSPS) is 21.8. The third-order valence-electron chi connectivity index (χ3n) is 5.32. The van der Waals surface area contributed by atoms with Gasteiger partial charge >= 0.3 is 0 Å². The lowest BCUT2D eigenvalue weighted by Crippen LogP contribution is -2.50. The van der Waals surface area contributed by atoms with E-state index >= 15 is 0 Å². The van der Waals surface area contributed by atoms with Crippen molar-refractivity contribution < 1.29 is 4.79 Å². The van der Waals surface area contributed by atoms with Gasteiger partial charge in [0.1, 0.15) is 11.5 Å². The minimum Gasteiger partial charge on any atom is -0.354 e. The molecular formula is C19H25N5OS. The Morgan fingerprint density at radius 1 is 1.15 bits per heavy atom. The highest BCUT2D eigenvalue weighted by atomic mass is 32.1. The summed E-state index contributed by atoms with van der Waals surface area (Å²) >= 11 is 1.48. The SMILES string of the molecule is O=C(c1cscn1)N1CCC[C@@H](CN2CCN(c3ccccn3)CC2)C1. The van der Waals surface area contributed by atoms with Gasteiger partial charge in [-0.3, -0.25) is 9.69 Å². The van der Waals surface area contributed by atoms with E-state index in [2.05, 4.69) is 25.8 Å². The van der Waals surface area contributed by atoms with E-state index in [0.717, 1.165) is 58.1 Å². The van der Waals surface area contributed by atoms with Gasteiger partial charge < -0.3 is 9.80 Å². The number of pyridine rings is 1. The first kappa shape index (κ1) is 17.4. The molecule has 26 heavy (non-hydrogen) atoms. The van der Waals surface area contributed by atoms with E-state index in [4.69, 9.17) is 0 Å². The Labute approximate surface area is 158 Å². The number of nitrogens with zero attached hydrogens (tertiary/aromatic N) is 5. The maximum absolute atomic E-state index is 12.5. The molecule has 0 spiro atoms. The number of piperidine rings is 1. The highest BCUT2D eigenvalue weighted by Crippen LogP contribution is 2.21. The number of likely N-dealkylation sites (tertiary alicyclic amines) is 1. The van der Waals surface area contributed by atoms with Gasteiger partial charge in [-0.2, -0.15) is 0 Å². The largest absolute Gasteiger partial charge is 0.354 e. The molecule has 2 aliphatic heterocycles. The van der Waals surface area contributed by atoms with Crippen LogP contribution in [0.1, 0.15) is 23.3 Å². The van der Waals surface area contributed by atoms with Gasteiger partial charge in [0.2, 0.25) is 0 Å². The zero-order chi connectivity index (χ0) is 17.8. The molecule has 2 aliphatic rings. The van der Waals surface area contributed by atoms with Crippen molar-refractivity contribution in [1.82, 2.24) is 19.8 Å². The van der Waals surface area contributed by atoms with Crippen molar-refractivity contribution in [2.45, 2.75) is 12.8 Å². The van der Waals surface area contributed by atoms with Crippen LogP contribution in [0, 0.1) is 5.92 Å². The van der Waals surface area contributed by atoms with Gasteiger partial charge in [-0.05, 0) is 30.9 Å². The molecule has 2 saturated heterocycles. The van der Waals surface area contributed by atoms with Crippen LogP contribution in [0.25, 0.3) is 0 Å². The molecule has 0 saturated carbocycles. The zero-order valence-electron chi connectivity index (χ0n) is 15.0. The second kappa shape index (κ2) is 8.14. The first-order valence-corrected chi connectivity index (χ1v) is 10.3. The van der Waals surface area contributed by atoms with Crippen LogP contribution in [0.15, 0.2) is 35.3 Å². The topological polar surface area (TPSA) is 52.6 Å². The smallest absolute Gasteiger partial charge is 0.273 e. The second-order valence-corrected chi connectivity index (χ2v) is 7.83. The molecule has 1 amide bonds. The van der Waals surface area contributed by atoms with Crippen LogP contribution in [-0.4, -0.2) is 71.5 Å². The second-order valence-electron chi connectivity index (χ2n) is 7.11. The van der Waals surface area contributed by atoms with Gasteiger partial charge in [-0.15, -0.1) is 11.3 Å². The Hall–Kier alpha value is -1.99. The molecule has 2 aromatic rings. The van der Waals surface area contributed by atoms with E-state index < -0.39 is 0 Å². The van der Waals surface area contributed by atoms with Crippen molar-refractivity contribution >= 4 is 23.1 Å². The maximum Gasteiger partial charge on any atom is 0.273 e.